The van der Waals surface area contributed by atoms with Gasteiger partial charge in [-0.15, -0.1) is 11.8 Å². The molecule has 0 fully saturated rings. The van der Waals surface area contributed by atoms with E-state index in [0.717, 1.165) is 17.7 Å². The van der Waals surface area contributed by atoms with Crippen molar-refractivity contribution in [2.75, 3.05) is 12.8 Å². The van der Waals surface area contributed by atoms with Gasteiger partial charge < -0.3 is 5.32 Å². The molecule has 1 unspecified atom stereocenters. The van der Waals surface area contributed by atoms with Crippen LogP contribution in [0.2, 0.25) is 0 Å². The Balaban J connectivity index is 2.41. The summed E-state index contributed by atoms with van der Waals surface area (Å²) in [7, 11) is 0. The van der Waals surface area contributed by atoms with Gasteiger partial charge in [0.05, 0.1) is 6.04 Å². The molecular formula is C17H20FNS. The fourth-order valence-electron chi connectivity index (χ4n) is 2.29. The lowest BCUT2D eigenvalue weighted by Crippen LogP contribution is -2.23. The lowest BCUT2D eigenvalue weighted by molar-refractivity contribution is 0.558. The molecule has 0 bridgehead atoms. The minimum atomic E-state index is -0.157. The summed E-state index contributed by atoms with van der Waals surface area (Å²) in [6.45, 7) is 4.82. The number of aryl methyl sites for hydroxylation is 1. The summed E-state index contributed by atoms with van der Waals surface area (Å²) < 4.78 is 14.1. The molecule has 0 radical (unpaired) electrons. The van der Waals surface area contributed by atoms with Gasteiger partial charge in [0.15, 0.2) is 0 Å². The molecular weight excluding hydrogens is 269 g/mol. The Bertz CT molecular complexity index is 566. The maximum atomic E-state index is 14.1. The molecule has 0 amide bonds. The highest BCUT2D eigenvalue weighted by atomic mass is 32.2. The van der Waals surface area contributed by atoms with Crippen LogP contribution in [-0.2, 0) is 0 Å². The van der Waals surface area contributed by atoms with Crippen molar-refractivity contribution >= 4 is 11.8 Å². The Morgan fingerprint density at radius 1 is 1.15 bits per heavy atom. The fraction of sp³-hybridized carbons (Fsp3) is 0.294. The molecule has 0 aliphatic heterocycles. The highest BCUT2D eigenvalue weighted by Crippen LogP contribution is 2.27. The van der Waals surface area contributed by atoms with Crippen LogP contribution in [0.5, 0.6) is 0 Å². The van der Waals surface area contributed by atoms with E-state index in [0.29, 0.717) is 5.56 Å². The van der Waals surface area contributed by atoms with Crippen LogP contribution in [0.15, 0.2) is 47.4 Å². The summed E-state index contributed by atoms with van der Waals surface area (Å²) in [5.41, 5.74) is 2.88. The van der Waals surface area contributed by atoms with Crippen LogP contribution in [0.3, 0.4) is 0 Å². The van der Waals surface area contributed by atoms with E-state index < -0.39 is 0 Å². The van der Waals surface area contributed by atoms with E-state index >= 15 is 0 Å². The predicted molar refractivity (Wildman–Crippen MR) is 84.9 cm³/mol. The SMILES string of the molecule is CCNC(c1ccc(SC)cc1)c1cc(C)ccc1F. The number of nitrogens with one attached hydrogen (secondary N) is 1. The number of halogens is 1. The first-order chi connectivity index (χ1) is 9.65. The molecule has 0 heterocycles. The Kier molecular flexibility index (Phi) is 5.21. The van der Waals surface area contributed by atoms with Gasteiger partial charge in [0.25, 0.3) is 0 Å². The molecule has 1 atom stereocenters. The van der Waals surface area contributed by atoms with Crippen molar-refractivity contribution in [1.82, 2.24) is 5.32 Å². The van der Waals surface area contributed by atoms with E-state index in [9.17, 15) is 4.39 Å². The topological polar surface area (TPSA) is 12.0 Å². The van der Waals surface area contributed by atoms with E-state index in [1.165, 1.54) is 4.90 Å². The third kappa shape index (κ3) is 3.41. The molecule has 3 heteroatoms. The van der Waals surface area contributed by atoms with Crippen LogP contribution in [-0.4, -0.2) is 12.8 Å². The molecule has 0 saturated carbocycles. The molecule has 1 nitrogen and oxygen atoms in total. The summed E-state index contributed by atoms with van der Waals surface area (Å²) in [5, 5.41) is 3.37. The maximum Gasteiger partial charge on any atom is 0.128 e. The molecule has 2 rings (SSSR count). The first-order valence-corrected chi connectivity index (χ1v) is 8.01. The largest absolute Gasteiger partial charge is 0.306 e. The average Bonchev–Trinajstić information content (AvgIpc) is 2.48. The molecule has 0 spiro atoms. The summed E-state index contributed by atoms with van der Waals surface area (Å²) in [5.74, 6) is -0.157. The van der Waals surface area contributed by atoms with Crippen LogP contribution in [0.4, 0.5) is 4.39 Å². The lowest BCUT2D eigenvalue weighted by Gasteiger charge is -2.20. The molecule has 1 N–H and O–H groups in total. The van der Waals surface area contributed by atoms with E-state index in [2.05, 4.69) is 35.8 Å². The second-order valence-electron chi connectivity index (χ2n) is 4.79. The van der Waals surface area contributed by atoms with Crippen LogP contribution in [0.1, 0.15) is 29.7 Å². The number of thioether (sulfide) groups is 1. The van der Waals surface area contributed by atoms with Crippen LogP contribution in [0.25, 0.3) is 0 Å². The number of hydrogen-bond donors (Lipinski definition) is 1. The summed E-state index contributed by atoms with van der Waals surface area (Å²) >= 11 is 1.71. The zero-order valence-electron chi connectivity index (χ0n) is 12.1. The van der Waals surface area contributed by atoms with Crippen LogP contribution < -0.4 is 5.32 Å². The monoisotopic (exact) mass is 289 g/mol. The molecule has 2 aromatic carbocycles. The second-order valence-corrected chi connectivity index (χ2v) is 5.67. The van der Waals surface area contributed by atoms with E-state index in [4.69, 9.17) is 0 Å². The van der Waals surface area contributed by atoms with E-state index in [-0.39, 0.29) is 11.9 Å². The van der Waals surface area contributed by atoms with E-state index in [1.54, 1.807) is 23.9 Å². The molecule has 20 heavy (non-hydrogen) atoms. The van der Waals surface area contributed by atoms with Gasteiger partial charge in [0.1, 0.15) is 5.82 Å². The van der Waals surface area contributed by atoms with Gasteiger partial charge in [-0.3, -0.25) is 0 Å². The third-order valence-corrected chi connectivity index (χ3v) is 4.06. The molecule has 106 valence electrons. The molecule has 0 aromatic heterocycles. The van der Waals surface area contributed by atoms with Gasteiger partial charge in [-0.1, -0.05) is 36.8 Å². The van der Waals surface area contributed by atoms with Crippen molar-refractivity contribution < 1.29 is 4.39 Å². The van der Waals surface area contributed by atoms with Crippen molar-refractivity contribution in [2.45, 2.75) is 24.8 Å². The lowest BCUT2D eigenvalue weighted by atomic mass is 9.97. The Hall–Kier alpha value is -1.32. The average molecular weight is 289 g/mol. The normalized spacial score (nSPS) is 12.4. The third-order valence-electron chi connectivity index (χ3n) is 3.32. The van der Waals surface area contributed by atoms with Gasteiger partial charge in [0.2, 0.25) is 0 Å². The minimum absolute atomic E-state index is 0.101. The van der Waals surface area contributed by atoms with Crippen LogP contribution >= 0.6 is 11.8 Å². The maximum absolute atomic E-state index is 14.1. The van der Waals surface area contributed by atoms with Gasteiger partial charge in [0, 0.05) is 10.5 Å². The summed E-state index contributed by atoms with van der Waals surface area (Å²) in [6.07, 6.45) is 2.05. The quantitative estimate of drug-likeness (QED) is 0.810. The van der Waals surface area contributed by atoms with E-state index in [1.807, 2.05) is 19.9 Å². The summed E-state index contributed by atoms with van der Waals surface area (Å²) in [4.78, 5) is 1.22. The zero-order chi connectivity index (χ0) is 14.5. The first-order valence-electron chi connectivity index (χ1n) is 6.79. The highest BCUT2D eigenvalue weighted by molar-refractivity contribution is 7.98. The van der Waals surface area contributed by atoms with Crippen molar-refractivity contribution in [2.24, 2.45) is 0 Å². The van der Waals surface area contributed by atoms with Gasteiger partial charge in [-0.2, -0.15) is 0 Å². The second kappa shape index (κ2) is 6.91. The fourth-order valence-corrected chi connectivity index (χ4v) is 2.70. The Morgan fingerprint density at radius 2 is 1.85 bits per heavy atom. The molecule has 0 aliphatic rings. The standard InChI is InChI=1S/C17H20FNS/c1-4-19-17(13-6-8-14(20-3)9-7-13)15-11-12(2)5-10-16(15)18/h5-11,17,19H,4H2,1-3H3. The Morgan fingerprint density at radius 3 is 2.45 bits per heavy atom. The molecule has 2 aromatic rings. The van der Waals surface area contributed by atoms with Gasteiger partial charge in [-0.25, -0.2) is 4.39 Å². The molecule has 0 saturated heterocycles. The van der Waals surface area contributed by atoms with Gasteiger partial charge >= 0.3 is 0 Å². The number of hydrogen-bond acceptors (Lipinski definition) is 2. The first kappa shape index (κ1) is 15.1. The Labute approximate surface area is 124 Å². The summed E-state index contributed by atoms with van der Waals surface area (Å²) in [6, 6.07) is 13.5. The zero-order valence-corrected chi connectivity index (χ0v) is 12.9. The van der Waals surface area contributed by atoms with Gasteiger partial charge in [-0.05, 0) is 43.5 Å². The molecule has 0 aliphatic carbocycles. The van der Waals surface area contributed by atoms with Crippen molar-refractivity contribution in [1.29, 1.82) is 0 Å². The number of rotatable bonds is 5. The highest BCUT2D eigenvalue weighted by Gasteiger charge is 2.17. The smallest absolute Gasteiger partial charge is 0.128 e. The van der Waals surface area contributed by atoms with Crippen molar-refractivity contribution in [3.8, 4) is 0 Å². The predicted octanol–water partition coefficient (Wildman–Crippen LogP) is 4.55. The minimum Gasteiger partial charge on any atom is -0.306 e. The van der Waals surface area contributed by atoms with Crippen LogP contribution in [0, 0.1) is 12.7 Å². The van der Waals surface area contributed by atoms with Crippen molar-refractivity contribution in [3.63, 3.8) is 0 Å². The van der Waals surface area contributed by atoms with Crippen molar-refractivity contribution in [3.05, 3.63) is 65.0 Å². The number of benzene rings is 2.